The van der Waals surface area contributed by atoms with Gasteiger partial charge < -0.3 is 29.6 Å². The first-order valence-electron chi connectivity index (χ1n) is 11.6. The molecular weight excluding hydrogens is 422 g/mol. The molecule has 0 saturated heterocycles. The molecule has 0 amide bonds. The number of nitrogens with zero attached hydrogens (tertiary/aromatic N) is 3. The number of fused-ring (bicyclic) bond motifs is 1. The summed E-state index contributed by atoms with van der Waals surface area (Å²) in [7, 11) is 3.12. The first kappa shape index (κ1) is 23.1. The van der Waals surface area contributed by atoms with Gasteiger partial charge in [-0.3, -0.25) is 0 Å². The van der Waals surface area contributed by atoms with E-state index in [4.69, 9.17) is 23.9 Å². The molecule has 0 spiro atoms. The first-order valence-corrected chi connectivity index (χ1v) is 11.6. The van der Waals surface area contributed by atoms with E-state index in [1.807, 2.05) is 19.1 Å². The van der Waals surface area contributed by atoms with Crippen molar-refractivity contribution < 1.29 is 19.0 Å². The molecule has 0 aromatic carbocycles. The summed E-state index contributed by atoms with van der Waals surface area (Å²) in [4.78, 5) is 13.8. The number of aromatic nitrogens is 3. The zero-order valence-electron chi connectivity index (χ0n) is 19.8. The van der Waals surface area contributed by atoms with Crippen molar-refractivity contribution in [3.05, 3.63) is 17.8 Å². The van der Waals surface area contributed by atoms with Crippen molar-refractivity contribution in [3.8, 4) is 23.1 Å². The quantitative estimate of drug-likeness (QED) is 0.369. The molecule has 0 aliphatic heterocycles. The number of aryl methyl sites for hydroxylation is 1. The van der Waals surface area contributed by atoms with Crippen molar-refractivity contribution in [3.63, 3.8) is 0 Å². The second-order valence-corrected chi connectivity index (χ2v) is 8.56. The highest BCUT2D eigenvalue weighted by atomic mass is 16.5. The lowest BCUT2D eigenvalue weighted by Gasteiger charge is -2.16. The molecule has 9 nitrogen and oxygen atoms in total. The van der Waals surface area contributed by atoms with Crippen molar-refractivity contribution >= 4 is 22.7 Å². The monoisotopic (exact) mass is 455 g/mol. The van der Waals surface area contributed by atoms with E-state index in [1.165, 1.54) is 12.8 Å². The minimum absolute atomic E-state index is 0.181. The Morgan fingerprint density at radius 2 is 1.97 bits per heavy atom. The van der Waals surface area contributed by atoms with Gasteiger partial charge in [-0.1, -0.05) is 13.3 Å². The van der Waals surface area contributed by atoms with E-state index in [1.54, 1.807) is 14.2 Å². The summed E-state index contributed by atoms with van der Waals surface area (Å²) in [5.41, 5.74) is 2.14. The van der Waals surface area contributed by atoms with Crippen LogP contribution in [-0.4, -0.2) is 54.0 Å². The van der Waals surface area contributed by atoms with Crippen molar-refractivity contribution in [2.24, 2.45) is 11.8 Å². The molecule has 4 rings (SSSR count). The van der Waals surface area contributed by atoms with Gasteiger partial charge in [0.05, 0.1) is 25.5 Å². The van der Waals surface area contributed by atoms with Crippen molar-refractivity contribution in [1.29, 1.82) is 0 Å². The Kier molecular flexibility index (Phi) is 7.17. The van der Waals surface area contributed by atoms with E-state index >= 15 is 0 Å². The van der Waals surface area contributed by atoms with Crippen LogP contribution in [-0.2, 0) is 0 Å². The number of hydrogen-bond donors (Lipinski definition) is 3. The molecule has 1 aliphatic carbocycles. The van der Waals surface area contributed by atoms with Crippen LogP contribution in [0.15, 0.2) is 16.5 Å². The van der Waals surface area contributed by atoms with E-state index in [-0.39, 0.29) is 12.5 Å². The molecule has 1 atom stereocenters. The normalized spacial score (nSPS) is 14.3. The zero-order chi connectivity index (χ0) is 23.4. The molecule has 3 heterocycles. The summed E-state index contributed by atoms with van der Waals surface area (Å²) in [6, 6.07) is 3.74. The molecule has 3 N–H and O–H groups in total. The number of furan rings is 1. The Bertz CT molecular complexity index is 1090. The van der Waals surface area contributed by atoms with E-state index in [2.05, 4.69) is 22.5 Å². The fourth-order valence-corrected chi connectivity index (χ4v) is 3.81. The predicted octanol–water partition coefficient (Wildman–Crippen LogP) is 4.25. The standard InChI is InChI=1S/C24H33N5O4/c1-5-15(13-30)8-9-25-22-20(14(2)27-24(29-22)26-12-16-6-7-16)18-10-17-11-19(31-3)28-23(32-4)21(17)33-18/h10-11,15-16,30H,5-9,12-13H2,1-4H3,(H2,25,26,27,29). The lowest BCUT2D eigenvalue weighted by Crippen LogP contribution is -2.15. The van der Waals surface area contributed by atoms with Gasteiger partial charge in [-0.05, 0) is 44.1 Å². The molecule has 1 aliphatic rings. The summed E-state index contributed by atoms with van der Waals surface area (Å²) in [6.07, 6.45) is 4.29. The lowest BCUT2D eigenvalue weighted by atomic mass is 10.0. The average Bonchev–Trinajstić information content (AvgIpc) is 3.56. The Hall–Kier alpha value is -3.07. The van der Waals surface area contributed by atoms with Gasteiger partial charge in [0.2, 0.25) is 11.8 Å². The molecule has 0 radical (unpaired) electrons. The molecule has 178 valence electrons. The number of aliphatic hydroxyl groups excluding tert-OH is 1. The SMILES string of the molecule is CCC(CO)CCNc1nc(NCC2CC2)nc(C)c1-c1cc2cc(OC)nc(OC)c2o1. The minimum atomic E-state index is 0.181. The maximum absolute atomic E-state index is 9.54. The maximum Gasteiger partial charge on any atom is 0.261 e. The van der Waals surface area contributed by atoms with E-state index < -0.39 is 0 Å². The van der Waals surface area contributed by atoms with Crippen molar-refractivity contribution in [2.75, 3.05) is 44.5 Å². The molecular formula is C24H33N5O4. The molecule has 1 saturated carbocycles. The van der Waals surface area contributed by atoms with Crippen LogP contribution in [0.3, 0.4) is 0 Å². The molecule has 0 bridgehead atoms. The highest BCUT2D eigenvalue weighted by molar-refractivity contribution is 5.89. The van der Waals surface area contributed by atoms with Gasteiger partial charge in [0.1, 0.15) is 11.6 Å². The average molecular weight is 456 g/mol. The van der Waals surface area contributed by atoms with Crippen molar-refractivity contribution in [2.45, 2.75) is 39.5 Å². The van der Waals surface area contributed by atoms with E-state index in [0.717, 1.165) is 36.0 Å². The van der Waals surface area contributed by atoms with Gasteiger partial charge in [-0.2, -0.15) is 9.97 Å². The fraction of sp³-hybridized carbons (Fsp3) is 0.542. The first-order chi connectivity index (χ1) is 16.1. The van der Waals surface area contributed by atoms with E-state index in [9.17, 15) is 5.11 Å². The highest BCUT2D eigenvalue weighted by Crippen LogP contribution is 2.38. The number of rotatable bonds is 12. The maximum atomic E-state index is 9.54. The summed E-state index contributed by atoms with van der Waals surface area (Å²) >= 11 is 0. The van der Waals surface area contributed by atoms with Crippen LogP contribution in [0.5, 0.6) is 11.8 Å². The Balaban J connectivity index is 1.70. The molecule has 33 heavy (non-hydrogen) atoms. The van der Waals surface area contributed by atoms with Crippen LogP contribution in [0.4, 0.5) is 11.8 Å². The third-order valence-electron chi connectivity index (χ3n) is 6.11. The molecule has 3 aromatic heterocycles. The molecule has 1 unspecified atom stereocenters. The van der Waals surface area contributed by atoms with Crippen molar-refractivity contribution in [1.82, 2.24) is 15.0 Å². The van der Waals surface area contributed by atoms with E-state index in [0.29, 0.717) is 47.3 Å². The van der Waals surface area contributed by atoms with Crippen LogP contribution in [0.25, 0.3) is 22.3 Å². The summed E-state index contributed by atoms with van der Waals surface area (Å²) < 4.78 is 16.9. The Labute approximate surface area is 193 Å². The summed E-state index contributed by atoms with van der Waals surface area (Å²) in [6.45, 7) is 5.79. The van der Waals surface area contributed by atoms with Crippen LogP contribution < -0.4 is 20.1 Å². The number of methoxy groups -OCH3 is 2. The van der Waals surface area contributed by atoms with Gasteiger partial charge >= 0.3 is 0 Å². The Morgan fingerprint density at radius 1 is 1.15 bits per heavy atom. The second-order valence-electron chi connectivity index (χ2n) is 8.56. The molecule has 9 heteroatoms. The van der Waals surface area contributed by atoms with Crippen LogP contribution in [0, 0.1) is 18.8 Å². The largest absolute Gasteiger partial charge is 0.481 e. The predicted molar refractivity (Wildman–Crippen MR) is 128 cm³/mol. The smallest absolute Gasteiger partial charge is 0.261 e. The zero-order valence-corrected chi connectivity index (χ0v) is 19.8. The minimum Gasteiger partial charge on any atom is -0.481 e. The van der Waals surface area contributed by atoms with Gasteiger partial charge in [0.25, 0.3) is 5.88 Å². The number of ether oxygens (including phenoxy) is 2. The van der Waals surface area contributed by atoms with Gasteiger partial charge in [-0.15, -0.1) is 0 Å². The summed E-state index contributed by atoms with van der Waals surface area (Å²) in [5.74, 6) is 3.72. The fourth-order valence-electron chi connectivity index (χ4n) is 3.81. The Morgan fingerprint density at radius 3 is 2.64 bits per heavy atom. The van der Waals surface area contributed by atoms with Gasteiger partial charge in [-0.25, -0.2) is 4.98 Å². The number of anilines is 2. The lowest BCUT2D eigenvalue weighted by molar-refractivity contribution is 0.217. The number of nitrogens with one attached hydrogen (secondary N) is 2. The topological polar surface area (TPSA) is 115 Å². The highest BCUT2D eigenvalue weighted by Gasteiger charge is 2.23. The third-order valence-corrected chi connectivity index (χ3v) is 6.11. The van der Waals surface area contributed by atoms with Gasteiger partial charge in [0, 0.05) is 31.1 Å². The number of hydrogen-bond acceptors (Lipinski definition) is 9. The molecule has 3 aromatic rings. The number of aliphatic hydroxyl groups is 1. The van der Waals surface area contributed by atoms with Gasteiger partial charge in [0.15, 0.2) is 5.58 Å². The summed E-state index contributed by atoms with van der Waals surface area (Å²) in [5, 5.41) is 17.2. The second kappa shape index (κ2) is 10.2. The molecule has 1 fully saturated rings. The van der Waals surface area contributed by atoms with Crippen LogP contribution in [0.1, 0.15) is 38.3 Å². The third kappa shape index (κ3) is 5.30. The number of pyridine rings is 1. The van der Waals surface area contributed by atoms with Crippen LogP contribution in [0.2, 0.25) is 0 Å². The van der Waals surface area contributed by atoms with Crippen LogP contribution >= 0.6 is 0 Å².